The van der Waals surface area contributed by atoms with Crippen LogP contribution in [0, 0.1) is 29.6 Å². The summed E-state index contributed by atoms with van der Waals surface area (Å²) in [6, 6.07) is 24.4. The molecule has 3 aromatic carbocycles. The van der Waals surface area contributed by atoms with Crippen LogP contribution >= 0.6 is 0 Å². The Kier molecular flexibility index (Phi) is 11.1. The van der Waals surface area contributed by atoms with E-state index < -0.39 is 0 Å². The van der Waals surface area contributed by atoms with E-state index >= 15 is 0 Å². The van der Waals surface area contributed by atoms with Crippen molar-refractivity contribution in [3.63, 3.8) is 0 Å². The molecular formula is C70H74N2O. The van der Waals surface area contributed by atoms with Gasteiger partial charge in [0.1, 0.15) is 11.9 Å². The van der Waals surface area contributed by atoms with E-state index in [-0.39, 0.29) is 28.9 Å². The van der Waals surface area contributed by atoms with E-state index in [1.54, 1.807) is 16.7 Å². The zero-order valence-electron chi connectivity index (χ0n) is 43.7. The highest BCUT2D eigenvalue weighted by atomic mass is 16.5. The Bertz CT molecular complexity index is 3150. The Morgan fingerprint density at radius 3 is 2.45 bits per heavy atom. The summed E-state index contributed by atoms with van der Waals surface area (Å²) in [6.45, 7) is 9.91. The van der Waals surface area contributed by atoms with Gasteiger partial charge >= 0.3 is 0 Å². The molecule has 0 aromatic heterocycles. The largest absolute Gasteiger partial charge is 0.489 e. The minimum absolute atomic E-state index is 0.0273. The van der Waals surface area contributed by atoms with Gasteiger partial charge in [0.15, 0.2) is 0 Å². The molecule has 73 heavy (non-hydrogen) atoms. The fourth-order valence-corrected chi connectivity index (χ4v) is 16.3. The summed E-state index contributed by atoms with van der Waals surface area (Å²) in [7, 11) is 0. The van der Waals surface area contributed by atoms with E-state index in [4.69, 9.17) is 4.74 Å². The molecule has 0 saturated heterocycles. The molecule has 3 heteroatoms. The van der Waals surface area contributed by atoms with Gasteiger partial charge in [0.25, 0.3) is 0 Å². The molecule has 0 bridgehead atoms. The Balaban J connectivity index is 0.804. The summed E-state index contributed by atoms with van der Waals surface area (Å²) >= 11 is 0. The van der Waals surface area contributed by atoms with E-state index in [0.717, 1.165) is 57.1 Å². The highest BCUT2D eigenvalue weighted by Crippen LogP contribution is 2.60. The van der Waals surface area contributed by atoms with E-state index in [1.165, 1.54) is 81.9 Å². The van der Waals surface area contributed by atoms with Crippen LogP contribution in [-0.4, -0.2) is 23.1 Å². The Labute approximate surface area is 436 Å². The van der Waals surface area contributed by atoms with Crippen LogP contribution in [0.1, 0.15) is 144 Å². The molecule has 3 nitrogen and oxygen atoms in total. The van der Waals surface area contributed by atoms with Crippen LogP contribution in [0.5, 0.6) is 5.75 Å². The van der Waals surface area contributed by atoms with Crippen molar-refractivity contribution < 1.29 is 4.74 Å². The maximum absolute atomic E-state index is 7.30. The van der Waals surface area contributed by atoms with Gasteiger partial charge in [-0.1, -0.05) is 173 Å². The van der Waals surface area contributed by atoms with Crippen molar-refractivity contribution in [2.75, 3.05) is 4.90 Å². The highest BCUT2D eigenvalue weighted by molar-refractivity contribution is 5.92. The maximum atomic E-state index is 7.30. The first-order valence-corrected chi connectivity index (χ1v) is 28.6. The number of allylic oxidation sites excluding steroid dienone is 19. The predicted molar refractivity (Wildman–Crippen MR) is 303 cm³/mol. The minimum Gasteiger partial charge on any atom is -0.489 e. The monoisotopic (exact) mass is 959 g/mol. The van der Waals surface area contributed by atoms with Gasteiger partial charge in [-0.15, -0.1) is 0 Å². The standard InChI is InChI=1S/C70H74N2O/c1-69(2)59-29-13-11-27-56(59)67-61(69)31-17-33-63(67)71(51-25-15-23-47(39-51)45-19-7-5-8-20-45)53-36-35-49-42-58-55-38-37-54(44-66(55)73-65(58)43-50(49)41-53)72(52-26-16-24-48(40-52)46-21-9-6-10-22-46)64-34-18-32-62-68(64)57-28-12-14-30-60(57)70(62,3)4/h5-9,11,13-16,18-19,24-25,27,29-30,32-38,40-42,44-47,50-52,58,61,65,67H,10,12,17,20-23,26,28,31,39,43H2,1-4H3. The molecule has 0 N–H and O–H groups in total. The molecule has 11 aliphatic rings. The molecule has 1 aliphatic heterocycles. The number of anilines is 2. The summed E-state index contributed by atoms with van der Waals surface area (Å²) < 4.78 is 7.30. The number of hydrogen-bond acceptors (Lipinski definition) is 3. The third-order valence-electron chi connectivity index (χ3n) is 20.0. The smallest absolute Gasteiger partial charge is 0.125 e. The fourth-order valence-electron chi connectivity index (χ4n) is 16.3. The van der Waals surface area contributed by atoms with E-state index in [1.807, 2.05) is 0 Å². The summed E-state index contributed by atoms with van der Waals surface area (Å²) in [5.41, 5.74) is 19.0. The molecule has 1 heterocycles. The molecular weight excluding hydrogens is 885 g/mol. The van der Waals surface area contributed by atoms with Gasteiger partial charge in [-0.2, -0.15) is 0 Å². The molecule has 0 fully saturated rings. The Morgan fingerprint density at radius 2 is 1.56 bits per heavy atom. The number of hydrogen-bond donors (Lipinski definition) is 0. The maximum Gasteiger partial charge on any atom is 0.125 e. The van der Waals surface area contributed by atoms with E-state index in [9.17, 15) is 0 Å². The summed E-state index contributed by atoms with van der Waals surface area (Å²) in [5.74, 6) is 4.40. The zero-order chi connectivity index (χ0) is 49.0. The average Bonchev–Trinajstić information content (AvgIpc) is 4.00. The average molecular weight is 959 g/mol. The number of rotatable bonds is 8. The molecule has 0 saturated carbocycles. The first-order valence-electron chi connectivity index (χ1n) is 28.6. The fraction of sp³-hybridized carbons (Fsp3) is 0.400. The zero-order valence-corrected chi connectivity index (χ0v) is 43.7. The lowest BCUT2D eigenvalue weighted by atomic mass is 9.70. The number of ether oxygens (including phenoxy) is 1. The van der Waals surface area contributed by atoms with Gasteiger partial charge in [-0.3, -0.25) is 0 Å². The normalized spacial score (nSPS) is 32.2. The lowest BCUT2D eigenvalue weighted by molar-refractivity contribution is 0.188. The van der Waals surface area contributed by atoms with E-state index in [2.05, 4.69) is 208 Å². The van der Waals surface area contributed by atoms with E-state index in [0.29, 0.717) is 41.5 Å². The van der Waals surface area contributed by atoms with Gasteiger partial charge in [0.2, 0.25) is 0 Å². The first-order chi connectivity index (χ1) is 35.7. The molecule has 10 unspecified atom stereocenters. The number of benzene rings is 3. The quantitative estimate of drug-likeness (QED) is 0.209. The molecule has 370 valence electrons. The van der Waals surface area contributed by atoms with Crippen LogP contribution in [-0.2, 0) is 10.8 Å². The molecule has 14 rings (SSSR count). The second kappa shape index (κ2) is 17.8. The lowest BCUT2D eigenvalue weighted by Gasteiger charge is -2.46. The van der Waals surface area contributed by atoms with Crippen molar-refractivity contribution in [1.29, 1.82) is 0 Å². The third-order valence-corrected chi connectivity index (χ3v) is 20.0. The molecule has 0 spiro atoms. The van der Waals surface area contributed by atoms with Crippen LogP contribution in [0.4, 0.5) is 11.4 Å². The topological polar surface area (TPSA) is 15.7 Å². The number of fused-ring (bicyclic) bond motifs is 9. The van der Waals surface area contributed by atoms with Crippen LogP contribution in [0.2, 0.25) is 0 Å². The molecule has 10 aliphatic carbocycles. The second-order valence-electron chi connectivity index (χ2n) is 24.6. The van der Waals surface area contributed by atoms with Crippen molar-refractivity contribution in [2.24, 2.45) is 29.6 Å². The molecule has 0 radical (unpaired) electrons. The van der Waals surface area contributed by atoms with Crippen molar-refractivity contribution >= 4 is 16.9 Å². The number of nitrogens with zero attached hydrogens (tertiary/aromatic N) is 2. The highest BCUT2D eigenvalue weighted by Gasteiger charge is 2.51. The lowest BCUT2D eigenvalue weighted by Crippen LogP contribution is -2.41. The first kappa shape index (κ1) is 45.5. The summed E-state index contributed by atoms with van der Waals surface area (Å²) in [6.07, 6.45) is 58.1. The van der Waals surface area contributed by atoms with Crippen molar-refractivity contribution in [3.05, 3.63) is 226 Å². The Hall–Kier alpha value is -6.06. The van der Waals surface area contributed by atoms with Crippen LogP contribution in [0.25, 0.3) is 5.57 Å². The van der Waals surface area contributed by atoms with Gasteiger partial charge in [0.05, 0.1) is 12.1 Å². The molecule has 10 atom stereocenters. The van der Waals surface area contributed by atoms with Crippen LogP contribution in [0.15, 0.2) is 198 Å². The third kappa shape index (κ3) is 7.47. The predicted octanol–water partition coefficient (Wildman–Crippen LogP) is 17.2. The van der Waals surface area contributed by atoms with Gasteiger partial charge < -0.3 is 14.5 Å². The van der Waals surface area contributed by atoms with Crippen LogP contribution < -0.4 is 9.64 Å². The van der Waals surface area contributed by atoms with Crippen molar-refractivity contribution in [3.8, 4) is 5.75 Å². The minimum atomic E-state index is -0.0273. The second-order valence-corrected chi connectivity index (χ2v) is 24.6. The van der Waals surface area contributed by atoms with Crippen molar-refractivity contribution in [1.82, 2.24) is 4.90 Å². The van der Waals surface area contributed by atoms with Gasteiger partial charge in [-0.25, -0.2) is 0 Å². The van der Waals surface area contributed by atoms with Crippen LogP contribution in [0.3, 0.4) is 0 Å². The molecule has 0 amide bonds. The summed E-state index contributed by atoms with van der Waals surface area (Å²) in [4.78, 5) is 5.56. The SMILES string of the molecule is CC1(C)C2=C(CCC=C2)c2c(N(c3ccc4c(c3)OC3CC5C=C(N(C6=CCCC7C6c6ccccc6C7(C)C)C6C=CCC(C7C=CC=CC7)C6)C=CC5=CC43)C3C=C(C4CC=CCC4)C=CC3)cccc21. The van der Waals surface area contributed by atoms with Gasteiger partial charge in [-0.05, 0) is 163 Å². The summed E-state index contributed by atoms with van der Waals surface area (Å²) in [5, 5.41) is 0. The Morgan fingerprint density at radius 1 is 0.644 bits per heavy atom. The van der Waals surface area contributed by atoms with Crippen molar-refractivity contribution in [2.45, 2.75) is 146 Å². The molecule has 3 aromatic rings. The van der Waals surface area contributed by atoms with Gasteiger partial charge in [0, 0.05) is 63.1 Å².